The van der Waals surface area contributed by atoms with E-state index in [1.165, 1.54) is 14.2 Å². The van der Waals surface area contributed by atoms with Crippen LogP contribution in [0.25, 0.3) is 11.1 Å². The number of ether oxygens (including phenoxy) is 2. The van der Waals surface area contributed by atoms with Gasteiger partial charge in [0.15, 0.2) is 11.5 Å². The van der Waals surface area contributed by atoms with Crippen molar-refractivity contribution < 1.29 is 19.4 Å². The largest absolute Gasteiger partial charge is 0.493 e. The van der Waals surface area contributed by atoms with Gasteiger partial charge >= 0.3 is 5.97 Å². The van der Waals surface area contributed by atoms with Gasteiger partial charge in [0.2, 0.25) is 0 Å². The Labute approximate surface area is 116 Å². The Morgan fingerprint density at radius 1 is 1.10 bits per heavy atom. The minimum absolute atomic E-state index is 0.0456. The van der Waals surface area contributed by atoms with Gasteiger partial charge in [0.05, 0.1) is 14.2 Å². The summed E-state index contributed by atoms with van der Waals surface area (Å²) < 4.78 is 10.3. The third-order valence-electron chi connectivity index (χ3n) is 2.93. The third kappa shape index (κ3) is 2.51. The van der Waals surface area contributed by atoms with Crippen molar-refractivity contribution in [1.82, 2.24) is 0 Å². The Morgan fingerprint density at radius 3 is 2.40 bits per heavy atom. The van der Waals surface area contributed by atoms with Crippen LogP contribution in [0.3, 0.4) is 0 Å². The smallest absolute Gasteiger partial charge is 0.339 e. The molecule has 2 aromatic carbocycles. The highest BCUT2D eigenvalue weighted by molar-refractivity contribution is 5.94. The lowest BCUT2D eigenvalue weighted by atomic mass is 10.0. The first-order chi connectivity index (χ1) is 9.56. The number of nitrogen functional groups attached to an aromatic ring is 1. The Kier molecular flexibility index (Phi) is 3.79. The highest BCUT2D eigenvalue weighted by Crippen LogP contribution is 2.36. The molecule has 0 bridgehead atoms. The number of anilines is 1. The van der Waals surface area contributed by atoms with Crippen LogP contribution in [-0.2, 0) is 0 Å². The number of carbonyl (C=O) groups is 1. The van der Waals surface area contributed by atoms with Crippen LogP contribution in [0, 0.1) is 0 Å². The second kappa shape index (κ2) is 5.52. The van der Waals surface area contributed by atoms with E-state index in [0.717, 1.165) is 5.56 Å². The molecule has 5 heteroatoms. The molecular formula is C15H15NO4. The van der Waals surface area contributed by atoms with Crippen LogP contribution in [-0.4, -0.2) is 25.3 Å². The zero-order chi connectivity index (χ0) is 14.7. The van der Waals surface area contributed by atoms with Crippen molar-refractivity contribution in [3.8, 4) is 22.6 Å². The first-order valence-electron chi connectivity index (χ1n) is 5.92. The van der Waals surface area contributed by atoms with E-state index in [4.69, 9.17) is 15.2 Å². The van der Waals surface area contributed by atoms with Gasteiger partial charge < -0.3 is 20.3 Å². The maximum absolute atomic E-state index is 11.3. The zero-order valence-electron chi connectivity index (χ0n) is 11.2. The van der Waals surface area contributed by atoms with Crippen LogP contribution in [0.15, 0.2) is 36.4 Å². The van der Waals surface area contributed by atoms with Gasteiger partial charge in [0.1, 0.15) is 5.56 Å². The minimum Gasteiger partial charge on any atom is -0.493 e. The van der Waals surface area contributed by atoms with E-state index in [0.29, 0.717) is 17.0 Å². The fourth-order valence-electron chi connectivity index (χ4n) is 2.01. The van der Waals surface area contributed by atoms with E-state index in [1.807, 2.05) is 12.1 Å². The van der Waals surface area contributed by atoms with Crippen molar-refractivity contribution in [2.24, 2.45) is 0 Å². The van der Waals surface area contributed by atoms with Gasteiger partial charge in [-0.25, -0.2) is 4.79 Å². The molecule has 0 aliphatic heterocycles. The van der Waals surface area contributed by atoms with E-state index in [9.17, 15) is 9.90 Å². The quantitative estimate of drug-likeness (QED) is 0.837. The normalized spacial score (nSPS) is 10.1. The molecule has 5 nitrogen and oxygen atoms in total. The topological polar surface area (TPSA) is 81.8 Å². The molecule has 0 unspecified atom stereocenters. The number of aromatic carboxylic acids is 1. The first kappa shape index (κ1) is 13.7. The summed E-state index contributed by atoms with van der Waals surface area (Å²) in [6.07, 6.45) is 0. The summed E-state index contributed by atoms with van der Waals surface area (Å²) in [4.78, 5) is 11.3. The third-order valence-corrected chi connectivity index (χ3v) is 2.93. The average Bonchev–Trinajstić information content (AvgIpc) is 2.45. The van der Waals surface area contributed by atoms with Crippen LogP contribution in [0.4, 0.5) is 5.69 Å². The summed E-state index contributed by atoms with van der Waals surface area (Å²) in [6, 6.07) is 10.5. The van der Waals surface area contributed by atoms with Gasteiger partial charge in [-0.2, -0.15) is 0 Å². The van der Waals surface area contributed by atoms with Gasteiger partial charge in [-0.15, -0.1) is 0 Å². The first-order valence-corrected chi connectivity index (χ1v) is 5.92. The molecule has 0 fully saturated rings. The maximum Gasteiger partial charge on any atom is 0.339 e. The Hall–Kier alpha value is -2.69. The van der Waals surface area contributed by atoms with E-state index in [1.54, 1.807) is 24.3 Å². The highest BCUT2D eigenvalue weighted by Gasteiger charge is 2.18. The molecule has 0 saturated carbocycles. The standard InChI is InChI=1S/C15H15NO4/c1-19-13-8-10(9-4-3-5-11(16)6-9)7-12(15(17)18)14(13)20-2/h3-8H,16H2,1-2H3,(H,17,18). The van der Waals surface area contributed by atoms with Crippen LogP contribution >= 0.6 is 0 Å². The molecule has 0 radical (unpaired) electrons. The number of hydrogen-bond acceptors (Lipinski definition) is 4. The Bertz CT molecular complexity index is 652. The van der Waals surface area contributed by atoms with Gasteiger partial charge in [0, 0.05) is 5.69 Å². The second-order valence-electron chi connectivity index (χ2n) is 4.19. The van der Waals surface area contributed by atoms with Crippen LogP contribution in [0.5, 0.6) is 11.5 Å². The zero-order valence-corrected chi connectivity index (χ0v) is 11.2. The van der Waals surface area contributed by atoms with Crippen molar-refractivity contribution in [3.05, 3.63) is 42.0 Å². The van der Waals surface area contributed by atoms with E-state index in [-0.39, 0.29) is 11.3 Å². The molecule has 0 atom stereocenters. The molecule has 0 spiro atoms. The van der Waals surface area contributed by atoms with Crippen molar-refractivity contribution in [2.45, 2.75) is 0 Å². The Balaban J connectivity index is 2.66. The molecule has 0 aliphatic rings. The van der Waals surface area contributed by atoms with Crippen molar-refractivity contribution in [3.63, 3.8) is 0 Å². The number of nitrogens with two attached hydrogens (primary N) is 1. The fourth-order valence-corrected chi connectivity index (χ4v) is 2.01. The summed E-state index contributed by atoms with van der Waals surface area (Å²) in [7, 11) is 2.87. The van der Waals surface area contributed by atoms with Crippen molar-refractivity contribution >= 4 is 11.7 Å². The molecular weight excluding hydrogens is 258 g/mol. The van der Waals surface area contributed by atoms with Crippen LogP contribution < -0.4 is 15.2 Å². The number of rotatable bonds is 4. The molecule has 0 saturated heterocycles. The predicted molar refractivity (Wildman–Crippen MR) is 76.4 cm³/mol. The number of carboxylic acid groups (broad SMARTS) is 1. The minimum atomic E-state index is -1.08. The van der Waals surface area contributed by atoms with Gasteiger partial charge in [-0.05, 0) is 35.4 Å². The van der Waals surface area contributed by atoms with E-state index < -0.39 is 5.97 Å². The second-order valence-corrected chi connectivity index (χ2v) is 4.19. The molecule has 2 rings (SSSR count). The lowest BCUT2D eigenvalue weighted by molar-refractivity contribution is 0.0692. The van der Waals surface area contributed by atoms with Crippen LogP contribution in [0.2, 0.25) is 0 Å². The molecule has 0 aliphatic carbocycles. The summed E-state index contributed by atoms with van der Waals surface area (Å²) in [5.41, 5.74) is 7.91. The number of carboxylic acids is 1. The molecule has 20 heavy (non-hydrogen) atoms. The number of hydrogen-bond donors (Lipinski definition) is 2. The summed E-state index contributed by atoms with van der Waals surface area (Å²) in [5, 5.41) is 9.28. The molecule has 104 valence electrons. The number of methoxy groups -OCH3 is 2. The average molecular weight is 273 g/mol. The highest BCUT2D eigenvalue weighted by atomic mass is 16.5. The lowest BCUT2D eigenvalue weighted by Crippen LogP contribution is -2.03. The molecule has 0 aromatic heterocycles. The van der Waals surface area contributed by atoms with Crippen molar-refractivity contribution in [2.75, 3.05) is 20.0 Å². The molecule has 0 amide bonds. The van der Waals surface area contributed by atoms with Gasteiger partial charge in [-0.1, -0.05) is 12.1 Å². The fraction of sp³-hybridized carbons (Fsp3) is 0.133. The SMILES string of the molecule is COc1cc(-c2cccc(N)c2)cc(C(=O)O)c1OC. The summed E-state index contributed by atoms with van der Waals surface area (Å²) in [6.45, 7) is 0. The monoisotopic (exact) mass is 273 g/mol. The number of benzene rings is 2. The van der Waals surface area contributed by atoms with E-state index >= 15 is 0 Å². The lowest BCUT2D eigenvalue weighted by Gasteiger charge is -2.13. The van der Waals surface area contributed by atoms with Crippen molar-refractivity contribution in [1.29, 1.82) is 0 Å². The molecule has 0 heterocycles. The summed E-state index contributed by atoms with van der Waals surface area (Å²) in [5.74, 6) is -0.511. The van der Waals surface area contributed by atoms with Gasteiger partial charge in [0.25, 0.3) is 0 Å². The maximum atomic E-state index is 11.3. The van der Waals surface area contributed by atoms with Gasteiger partial charge in [-0.3, -0.25) is 0 Å². The molecule has 2 aromatic rings. The summed E-state index contributed by atoms with van der Waals surface area (Å²) >= 11 is 0. The Morgan fingerprint density at radius 2 is 1.85 bits per heavy atom. The molecule has 3 N–H and O–H groups in total. The van der Waals surface area contributed by atoms with E-state index in [2.05, 4.69) is 0 Å². The van der Waals surface area contributed by atoms with Crippen LogP contribution in [0.1, 0.15) is 10.4 Å². The predicted octanol–water partition coefficient (Wildman–Crippen LogP) is 2.65.